The maximum absolute atomic E-state index is 11.6. The number of hydrogen-bond acceptors (Lipinski definition) is 4. The lowest BCUT2D eigenvalue weighted by Gasteiger charge is -1.91. The summed E-state index contributed by atoms with van der Waals surface area (Å²) in [6, 6.07) is 4.89. The van der Waals surface area contributed by atoms with E-state index in [9.17, 15) is 4.79 Å². The molecule has 2 aromatic heterocycles. The quantitative estimate of drug-likeness (QED) is 0.747. The topological polar surface area (TPSA) is 69.4 Å². The van der Waals surface area contributed by atoms with E-state index in [1.54, 1.807) is 18.2 Å². The Bertz CT molecular complexity index is 428. The lowest BCUT2D eigenvalue weighted by molar-refractivity contribution is 0.101. The summed E-state index contributed by atoms with van der Waals surface area (Å²) in [7, 11) is 0. The SMILES string of the molecule is NCc1ccc(C(=O)c2ccoc2)o1. The molecule has 0 aliphatic rings. The number of carbonyl (C=O) groups excluding carboxylic acids is 1. The smallest absolute Gasteiger partial charge is 0.231 e. The first-order valence-corrected chi connectivity index (χ1v) is 4.17. The van der Waals surface area contributed by atoms with Crippen LogP contribution in [0.5, 0.6) is 0 Å². The van der Waals surface area contributed by atoms with Crippen LogP contribution in [0.2, 0.25) is 0 Å². The number of rotatable bonds is 3. The molecule has 2 heterocycles. The van der Waals surface area contributed by atoms with Crippen molar-refractivity contribution in [1.29, 1.82) is 0 Å². The normalized spacial score (nSPS) is 10.4. The van der Waals surface area contributed by atoms with E-state index in [0.29, 0.717) is 17.9 Å². The zero-order valence-corrected chi connectivity index (χ0v) is 7.40. The van der Waals surface area contributed by atoms with Crippen LogP contribution in [0.15, 0.2) is 39.6 Å². The summed E-state index contributed by atoms with van der Waals surface area (Å²) < 4.78 is 10.0. The molecular weight excluding hydrogens is 182 g/mol. The third-order valence-corrected chi connectivity index (χ3v) is 1.87. The van der Waals surface area contributed by atoms with Gasteiger partial charge in [0.25, 0.3) is 0 Å². The van der Waals surface area contributed by atoms with Crippen LogP contribution in [0.4, 0.5) is 0 Å². The maximum Gasteiger partial charge on any atom is 0.231 e. The zero-order chi connectivity index (χ0) is 9.97. The highest BCUT2D eigenvalue weighted by Gasteiger charge is 2.13. The van der Waals surface area contributed by atoms with Crippen LogP contribution in [0, 0.1) is 0 Å². The molecule has 0 radical (unpaired) electrons. The van der Waals surface area contributed by atoms with Crippen molar-refractivity contribution < 1.29 is 13.6 Å². The number of nitrogens with two attached hydrogens (primary N) is 1. The Hall–Kier alpha value is -1.81. The molecule has 4 nitrogen and oxygen atoms in total. The van der Waals surface area contributed by atoms with Crippen LogP contribution < -0.4 is 5.73 Å². The van der Waals surface area contributed by atoms with Gasteiger partial charge < -0.3 is 14.6 Å². The molecule has 0 aromatic carbocycles. The molecule has 72 valence electrons. The van der Waals surface area contributed by atoms with Gasteiger partial charge in [-0.3, -0.25) is 4.79 Å². The molecule has 0 unspecified atom stereocenters. The summed E-state index contributed by atoms with van der Waals surface area (Å²) in [6.07, 6.45) is 2.83. The molecule has 4 heteroatoms. The van der Waals surface area contributed by atoms with Gasteiger partial charge in [-0.1, -0.05) is 0 Å². The minimum atomic E-state index is -0.196. The average molecular weight is 191 g/mol. The van der Waals surface area contributed by atoms with Crippen molar-refractivity contribution in [3.63, 3.8) is 0 Å². The highest BCUT2D eigenvalue weighted by atomic mass is 16.3. The van der Waals surface area contributed by atoms with Crippen LogP contribution in [0.1, 0.15) is 21.9 Å². The first-order valence-electron chi connectivity index (χ1n) is 4.17. The molecule has 2 aromatic rings. The van der Waals surface area contributed by atoms with Gasteiger partial charge >= 0.3 is 0 Å². The average Bonchev–Trinajstić information content (AvgIpc) is 2.88. The van der Waals surface area contributed by atoms with Crippen molar-refractivity contribution in [2.45, 2.75) is 6.54 Å². The first-order chi connectivity index (χ1) is 6.81. The van der Waals surface area contributed by atoms with Crippen LogP contribution >= 0.6 is 0 Å². The number of carbonyl (C=O) groups is 1. The van der Waals surface area contributed by atoms with E-state index in [1.807, 2.05) is 0 Å². The van der Waals surface area contributed by atoms with Crippen molar-refractivity contribution in [1.82, 2.24) is 0 Å². The summed E-state index contributed by atoms with van der Waals surface area (Å²) in [5.41, 5.74) is 5.83. The minimum absolute atomic E-state index is 0.196. The summed E-state index contributed by atoms with van der Waals surface area (Å²) >= 11 is 0. The standard InChI is InChI=1S/C10H9NO3/c11-5-8-1-2-9(14-8)10(12)7-3-4-13-6-7/h1-4,6H,5,11H2. The van der Waals surface area contributed by atoms with E-state index in [4.69, 9.17) is 14.6 Å². The third-order valence-electron chi connectivity index (χ3n) is 1.87. The van der Waals surface area contributed by atoms with E-state index in [2.05, 4.69) is 0 Å². The van der Waals surface area contributed by atoms with Gasteiger partial charge in [-0.05, 0) is 18.2 Å². The summed E-state index contributed by atoms with van der Waals surface area (Å²) in [5, 5.41) is 0. The van der Waals surface area contributed by atoms with Gasteiger partial charge in [0, 0.05) is 0 Å². The van der Waals surface area contributed by atoms with Gasteiger partial charge in [0.2, 0.25) is 5.78 Å². The molecule has 0 spiro atoms. The predicted molar refractivity (Wildman–Crippen MR) is 48.7 cm³/mol. The molecule has 0 atom stereocenters. The molecule has 2 rings (SSSR count). The Morgan fingerprint density at radius 3 is 2.79 bits per heavy atom. The van der Waals surface area contributed by atoms with Crippen LogP contribution in [0.25, 0.3) is 0 Å². The fourth-order valence-corrected chi connectivity index (χ4v) is 1.15. The molecule has 2 N–H and O–H groups in total. The number of hydrogen-bond donors (Lipinski definition) is 1. The van der Waals surface area contributed by atoms with E-state index >= 15 is 0 Å². The molecule has 0 amide bonds. The Labute approximate surface area is 80.3 Å². The largest absolute Gasteiger partial charge is 0.472 e. The van der Waals surface area contributed by atoms with Crippen molar-refractivity contribution in [2.24, 2.45) is 5.73 Å². The maximum atomic E-state index is 11.6. The highest BCUT2D eigenvalue weighted by Crippen LogP contribution is 2.13. The molecule has 0 aliphatic carbocycles. The van der Waals surface area contributed by atoms with E-state index < -0.39 is 0 Å². The van der Waals surface area contributed by atoms with Crippen molar-refractivity contribution in [3.05, 3.63) is 47.8 Å². The Kier molecular flexibility index (Phi) is 2.20. The van der Waals surface area contributed by atoms with E-state index in [-0.39, 0.29) is 11.5 Å². The van der Waals surface area contributed by atoms with Crippen molar-refractivity contribution in [2.75, 3.05) is 0 Å². The second-order valence-electron chi connectivity index (χ2n) is 2.81. The van der Waals surface area contributed by atoms with Crippen LogP contribution in [-0.4, -0.2) is 5.78 Å². The minimum Gasteiger partial charge on any atom is -0.472 e. The Morgan fingerprint density at radius 1 is 1.36 bits per heavy atom. The lowest BCUT2D eigenvalue weighted by atomic mass is 10.2. The van der Waals surface area contributed by atoms with Gasteiger partial charge in [-0.25, -0.2) is 0 Å². The predicted octanol–water partition coefficient (Wildman–Crippen LogP) is 1.56. The lowest BCUT2D eigenvalue weighted by Crippen LogP contribution is -1.97. The molecule has 0 bridgehead atoms. The van der Waals surface area contributed by atoms with E-state index in [0.717, 1.165) is 0 Å². The molecular formula is C10H9NO3. The molecule has 14 heavy (non-hydrogen) atoms. The van der Waals surface area contributed by atoms with Crippen LogP contribution in [-0.2, 0) is 6.54 Å². The third kappa shape index (κ3) is 1.47. The molecule has 0 fully saturated rings. The Balaban J connectivity index is 2.28. The molecule has 0 saturated heterocycles. The fourth-order valence-electron chi connectivity index (χ4n) is 1.15. The summed E-state index contributed by atoms with van der Waals surface area (Å²) in [4.78, 5) is 11.6. The van der Waals surface area contributed by atoms with E-state index in [1.165, 1.54) is 12.5 Å². The van der Waals surface area contributed by atoms with Gasteiger partial charge in [0.1, 0.15) is 12.0 Å². The second kappa shape index (κ2) is 3.51. The van der Waals surface area contributed by atoms with Gasteiger partial charge in [0.15, 0.2) is 5.76 Å². The first kappa shape index (κ1) is 8.77. The van der Waals surface area contributed by atoms with Crippen LogP contribution in [0.3, 0.4) is 0 Å². The van der Waals surface area contributed by atoms with Crippen molar-refractivity contribution >= 4 is 5.78 Å². The number of ketones is 1. The highest BCUT2D eigenvalue weighted by molar-refractivity contribution is 6.06. The summed E-state index contributed by atoms with van der Waals surface area (Å²) in [6.45, 7) is 0.290. The molecule has 0 saturated carbocycles. The Morgan fingerprint density at radius 2 is 2.21 bits per heavy atom. The number of furan rings is 2. The van der Waals surface area contributed by atoms with Gasteiger partial charge in [-0.2, -0.15) is 0 Å². The monoisotopic (exact) mass is 191 g/mol. The zero-order valence-electron chi connectivity index (χ0n) is 7.40. The second-order valence-corrected chi connectivity index (χ2v) is 2.81. The summed E-state index contributed by atoms with van der Waals surface area (Å²) in [5.74, 6) is 0.683. The van der Waals surface area contributed by atoms with Gasteiger partial charge in [-0.15, -0.1) is 0 Å². The fraction of sp³-hybridized carbons (Fsp3) is 0.100. The molecule has 0 aliphatic heterocycles. The van der Waals surface area contributed by atoms with Crippen molar-refractivity contribution in [3.8, 4) is 0 Å². The van der Waals surface area contributed by atoms with Gasteiger partial charge in [0.05, 0.1) is 18.4 Å².